The Morgan fingerprint density at radius 1 is 1.50 bits per heavy atom. The second-order valence-corrected chi connectivity index (χ2v) is 4.37. The molecule has 16 heavy (non-hydrogen) atoms. The number of hydrogen-bond donors (Lipinski definition) is 2. The minimum Gasteiger partial charge on any atom is -0.478 e. The third-order valence-electron chi connectivity index (χ3n) is 1.86. The number of carboxylic acids is 1. The molecule has 2 rings (SSSR count). The number of anilines is 2. The quantitative estimate of drug-likeness (QED) is 0.853. The van der Waals surface area contributed by atoms with E-state index in [9.17, 15) is 4.79 Å². The van der Waals surface area contributed by atoms with Crippen LogP contribution in [0.25, 0.3) is 0 Å². The number of rotatable bonds is 3. The maximum Gasteiger partial charge on any atom is 0.335 e. The Bertz CT molecular complexity index is 524. The van der Waals surface area contributed by atoms with Crippen molar-refractivity contribution in [1.29, 1.82) is 0 Å². The van der Waals surface area contributed by atoms with Gasteiger partial charge in [0.25, 0.3) is 0 Å². The molecule has 0 radical (unpaired) electrons. The molecule has 2 aromatic rings. The number of aromatic nitrogens is 2. The summed E-state index contributed by atoms with van der Waals surface area (Å²) in [6.07, 6.45) is 3.19. The predicted molar refractivity (Wildman–Crippen MR) is 61.3 cm³/mol. The normalized spacial score (nSPS) is 10.1. The van der Waals surface area contributed by atoms with Gasteiger partial charge in [0.05, 0.1) is 5.56 Å². The van der Waals surface area contributed by atoms with Gasteiger partial charge in [0.1, 0.15) is 5.82 Å². The molecule has 0 amide bonds. The van der Waals surface area contributed by atoms with Crippen LogP contribution in [0, 0.1) is 6.92 Å². The van der Waals surface area contributed by atoms with E-state index in [1.54, 1.807) is 6.20 Å². The van der Waals surface area contributed by atoms with Crippen molar-refractivity contribution in [2.75, 3.05) is 5.32 Å². The van der Waals surface area contributed by atoms with Crippen molar-refractivity contribution >= 4 is 28.3 Å². The zero-order valence-corrected chi connectivity index (χ0v) is 9.28. The molecule has 0 bridgehead atoms. The van der Waals surface area contributed by atoms with Crippen LogP contribution in [0.4, 0.5) is 10.9 Å². The minimum absolute atomic E-state index is 0.200. The van der Waals surface area contributed by atoms with Gasteiger partial charge in [0, 0.05) is 17.3 Å². The Kier molecular flexibility index (Phi) is 2.82. The number of carboxylic acid groups (broad SMARTS) is 1. The highest BCUT2D eigenvalue weighted by Crippen LogP contribution is 2.20. The largest absolute Gasteiger partial charge is 0.478 e. The molecule has 0 atom stereocenters. The topological polar surface area (TPSA) is 75.1 Å². The highest BCUT2D eigenvalue weighted by atomic mass is 32.1. The SMILES string of the molecule is Cc1cnc(Nc2cc(C(=O)O)ccn2)s1. The summed E-state index contributed by atoms with van der Waals surface area (Å²) in [6, 6.07) is 2.92. The molecule has 0 aliphatic heterocycles. The zero-order valence-electron chi connectivity index (χ0n) is 8.47. The van der Waals surface area contributed by atoms with Crippen LogP contribution in [0.1, 0.15) is 15.2 Å². The van der Waals surface area contributed by atoms with E-state index in [4.69, 9.17) is 5.11 Å². The summed E-state index contributed by atoms with van der Waals surface area (Å²) in [5, 5.41) is 12.5. The van der Waals surface area contributed by atoms with Gasteiger partial charge in [-0.05, 0) is 19.1 Å². The molecule has 0 aliphatic carbocycles. The molecule has 0 saturated carbocycles. The first-order valence-electron chi connectivity index (χ1n) is 4.54. The fraction of sp³-hybridized carbons (Fsp3) is 0.100. The second kappa shape index (κ2) is 4.28. The maximum absolute atomic E-state index is 10.7. The molecule has 0 saturated heterocycles. The summed E-state index contributed by atoms with van der Waals surface area (Å²) in [5.41, 5.74) is 0.200. The van der Waals surface area contributed by atoms with Gasteiger partial charge < -0.3 is 10.4 Å². The van der Waals surface area contributed by atoms with E-state index < -0.39 is 5.97 Å². The van der Waals surface area contributed by atoms with Crippen LogP contribution in [0.5, 0.6) is 0 Å². The van der Waals surface area contributed by atoms with Gasteiger partial charge in [-0.2, -0.15) is 0 Å². The van der Waals surface area contributed by atoms with Crippen LogP contribution >= 0.6 is 11.3 Å². The van der Waals surface area contributed by atoms with Gasteiger partial charge in [0.2, 0.25) is 0 Å². The van der Waals surface area contributed by atoms with Crippen molar-refractivity contribution < 1.29 is 9.90 Å². The molecule has 0 fully saturated rings. The Morgan fingerprint density at radius 3 is 2.94 bits per heavy atom. The molecule has 6 heteroatoms. The number of carbonyl (C=O) groups is 1. The van der Waals surface area contributed by atoms with Gasteiger partial charge in [0.15, 0.2) is 5.13 Å². The van der Waals surface area contributed by atoms with E-state index in [1.807, 2.05) is 6.92 Å². The first kappa shape index (κ1) is 10.6. The van der Waals surface area contributed by atoms with E-state index >= 15 is 0 Å². The highest BCUT2D eigenvalue weighted by molar-refractivity contribution is 7.15. The molecule has 0 spiro atoms. The lowest BCUT2D eigenvalue weighted by molar-refractivity contribution is 0.0697. The summed E-state index contributed by atoms with van der Waals surface area (Å²) in [6.45, 7) is 1.95. The first-order chi connectivity index (χ1) is 7.65. The smallest absolute Gasteiger partial charge is 0.335 e. The maximum atomic E-state index is 10.7. The van der Waals surface area contributed by atoms with Crippen molar-refractivity contribution in [1.82, 2.24) is 9.97 Å². The van der Waals surface area contributed by atoms with Crippen LogP contribution < -0.4 is 5.32 Å². The number of nitrogens with zero attached hydrogens (tertiary/aromatic N) is 2. The summed E-state index contributed by atoms with van der Waals surface area (Å²) >= 11 is 1.49. The fourth-order valence-electron chi connectivity index (χ4n) is 1.15. The van der Waals surface area contributed by atoms with Gasteiger partial charge in [-0.3, -0.25) is 0 Å². The van der Waals surface area contributed by atoms with Crippen molar-refractivity contribution in [2.45, 2.75) is 6.92 Å². The molecule has 2 N–H and O–H groups in total. The van der Waals surface area contributed by atoms with Crippen molar-refractivity contribution in [3.63, 3.8) is 0 Å². The third kappa shape index (κ3) is 2.34. The van der Waals surface area contributed by atoms with E-state index in [0.29, 0.717) is 10.9 Å². The van der Waals surface area contributed by atoms with E-state index in [0.717, 1.165) is 4.88 Å². The van der Waals surface area contributed by atoms with Crippen LogP contribution in [-0.2, 0) is 0 Å². The summed E-state index contributed by atoms with van der Waals surface area (Å²) in [5.74, 6) is -0.491. The molecule has 5 nitrogen and oxygen atoms in total. The summed E-state index contributed by atoms with van der Waals surface area (Å²) in [7, 11) is 0. The van der Waals surface area contributed by atoms with Crippen LogP contribution in [0.15, 0.2) is 24.5 Å². The highest BCUT2D eigenvalue weighted by Gasteiger charge is 2.05. The Hall–Kier alpha value is -1.95. The van der Waals surface area contributed by atoms with Gasteiger partial charge in [-0.15, -0.1) is 11.3 Å². The lowest BCUT2D eigenvalue weighted by Gasteiger charge is -2.01. The standard InChI is InChI=1S/C10H9N3O2S/c1-6-5-12-10(16-6)13-8-4-7(9(14)15)2-3-11-8/h2-5H,1H3,(H,14,15)(H,11,12,13). The van der Waals surface area contributed by atoms with Crippen LogP contribution in [0.2, 0.25) is 0 Å². The molecule has 2 aromatic heterocycles. The monoisotopic (exact) mass is 235 g/mol. The lowest BCUT2D eigenvalue weighted by atomic mass is 10.3. The Balaban J connectivity index is 2.21. The van der Waals surface area contributed by atoms with E-state index in [1.165, 1.54) is 29.7 Å². The molecule has 0 aromatic carbocycles. The average molecular weight is 235 g/mol. The van der Waals surface area contributed by atoms with E-state index in [2.05, 4.69) is 15.3 Å². The van der Waals surface area contributed by atoms with Crippen LogP contribution in [-0.4, -0.2) is 21.0 Å². The Labute approximate surface area is 95.8 Å². The molecule has 0 aliphatic rings. The Morgan fingerprint density at radius 2 is 2.31 bits per heavy atom. The second-order valence-electron chi connectivity index (χ2n) is 3.14. The zero-order chi connectivity index (χ0) is 11.5. The first-order valence-corrected chi connectivity index (χ1v) is 5.35. The number of aryl methyl sites for hydroxylation is 1. The lowest BCUT2D eigenvalue weighted by Crippen LogP contribution is -1.99. The van der Waals surface area contributed by atoms with Gasteiger partial charge >= 0.3 is 5.97 Å². The number of nitrogens with one attached hydrogen (secondary N) is 1. The van der Waals surface area contributed by atoms with Crippen molar-refractivity contribution in [2.24, 2.45) is 0 Å². The molecular formula is C10H9N3O2S. The predicted octanol–water partition coefficient (Wildman–Crippen LogP) is 2.29. The summed E-state index contributed by atoms with van der Waals surface area (Å²) in [4.78, 5) is 19.9. The van der Waals surface area contributed by atoms with Crippen molar-refractivity contribution in [3.8, 4) is 0 Å². The minimum atomic E-state index is -0.972. The molecule has 2 heterocycles. The van der Waals surface area contributed by atoms with E-state index in [-0.39, 0.29) is 5.56 Å². The van der Waals surface area contributed by atoms with Gasteiger partial charge in [-0.25, -0.2) is 14.8 Å². The molecular weight excluding hydrogens is 226 g/mol. The van der Waals surface area contributed by atoms with Gasteiger partial charge in [-0.1, -0.05) is 0 Å². The van der Waals surface area contributed by atoms with Crippen LogP contribution in [0.3, 0.4) is 0 Å². The number of hydrogen-bond acceptors (Lipinski definition) is 5. The number of thiazole rings is 1. The fourth-order valence-corrected chi connectivity index (χ4v) is 1.83. The third-order valence-corrected chi connectivity index (χ3v) is 2.69. The number of pyridine rings is 1. The summed E-state index contributed by atoms with van der Waals surface area (Å²) < 4.78 is 0. The molecule has 82 valence electrons. The average Bonchev–Trinajstić information content (AvgIpc) is 2.64. The van der Waals surface area contributed by atoms with Crippen molar-refractivity contribution in [3.05, 3.63) is 35.0 Å². The molecule has 0 unspecified atom stereocenters. The number of aromatic carboxylic acids is 1.